The third kappa shape index (κ3) is 2.25. The van der Waals surface area contributed by atoms with Gasteiger partial charge in [-0.05, 0) is 23.5 Å². The Labute approximate surface area is 86.3 Å². The van der Waals surface area contributed by atoms with Crippen molar-refractivity contribution in [1.82, 2.24) is 4.98 Å². The Bertz CT molecular complexity index is 305. The molecule has 0 radical (unpaired) electrons. The molecule has 1 heterocycles. The molecule has 0 aliphatic heterocycles. The minimum Gasteiger partial charge on any atom is -0.481 e. The molecular formula is C12H19NO. The highest BCUT2D eigenvalue weighted by Crippen LogP contribution is 2.27. The molecule has 0 aromatic carbocycles. The highest BCUT2D eigenvalue weighted by atomic mass is 16.5. The zero-order valence-electron chi connectivity index (χ0n) is 9.66. The second kappa shape index (κ2) is 4.45. The van der Waals surface area contributed by atoms with Crippen molar-refractivity contribution < 1.29 is 4.74 Å². The molecule has 2 heteroatoms. The monoisotopic (exact) mass is 193 g/mol. The largest absolute Gasteiger partial charge is 0.481 e. The molecule has 0 unspecified atom stereocenters. The molecule has 0 fully saturated rings. The quantitative estimate of drug-likeness (QED) is 0.734. The second-order valence-corrected chi connectivity index (χ2v) is 4.18. The Hall–Kier alpha value is -1.05. The topological polar surface area (TPSA) is 22.1 Å². The van der Waals surface area contributed by atoms with Gasteiger partial charge in [-0.3, -0.25) is 0 Å². The van der Waals surface area contributed by atoms with E-state index >= 15 is 0 Å². The zero-order valence-corrected chi connectivity index (χ0v) is 9.66. The van der Waals surface area contributed by atoms with Crippen LogP contribution in [0, 0.1) is 0 Å². The van der Waals surface area contributed by atoms with Gasteiger partial charge in [0, 0.05) is 11.8 Å². The van der Waals surface area contributed by atoms with Gasteiger partial charge in [0.25, 0.3) is 0 Å². The highest BCUT2D eigenvalue weighted by Gasteiger charge is 2.10. The van der Waals surface area contributed by atoms with Crippen molar-refractivity contribution >= 4 is 0 Å². The summed E-state index contributed by atoms with van der Waals surface area (Å²) >= 11 is 0. The van der Waals surface area contributed by atoms with Crippen molar-refractivity contribution in [2.75, 3.05) is 7.11 Å². The third-order valence-electron chi connectivity index (χ3n) is 2.38. The van der Waals surface area contributed by atoms with Gasteiger partial charge in [0.1, 0.15) is 0 Å². The summed E-state index contributed by atoms with van der Waals surface area (Å²) in [5.74, 6) is 1.73. The second-order valence-electron chi connectivity index (χ2n) is 4.18. The number of ether oxygens (including phenoxy) is 1. The first kappa shape index (κ1) is 11.0. The Kier molecular flexibility index (Phi) is 3.50. The number of aromatic nitrogens is 1. The Morgan fingerprint density at radius 3 is 2.21 bits per heavy atom. The van der Waals surface area contributed by atoms with Crippen molar-refractivity contribution in [3.8, 4) is 5.88 Å². The molecule has 0 bridgehead atoms. The van der Waals surface area contributed by atoms with E-state index in [1.54, 1.807) is 7.11 Å². The number of methoxy groups -OCH3 is 1. The van der Waals surface area contributed by atoms with E-state index in [0.717, 1.165) is 5.88 Å². The SMILES string of the molecule is COc1ncc(C(C)C)cc1C(C)C. The summed E-state index contributed by atoms with van der Waals surface area (Å²) in [5.41, 5.74) is 2.47. The van der Waals surface area contributed by atoms with Crippen molar-refractivity contribution in [1.29, 1.82) is 0 Å². The maximum Gasteiger partial charge on any atom is 0.216 e. The molecule has 2 nitrogen and oxygen atoms in total. The fourth-order valence-electron chi connectivity index (χ4n) is 1.39. The van der Waals surface area contributed by atoms with E-state index in [9.17, 15) is 0 Å². The summed E-state index contributed by atoms with van der Waals surface area (Å²) in [6.45, 7) is 8.66. The van der Waals surface area contributed by atoms with Crippen LogP contribution in [0.3, 0.4) is 0 Å². The standard InChI is InChI=1S/C12H19NO/c1-8(2)10-6-11(9(3)4)12(14-5)13-7-10/h6-9H,1-5H3. The molecule has 0 aliphatic carbocycles. The van der Waals surface area contributed by atoms with Gasteiger partial charge >= 0.3 is 0 Å². The van der Waals surface area contributed by atoms with Crippen molar-refractivity contribution in [2.24, 2.45) is 0 Å². The predicted molar refractivity (Wildman–Crippen MR) is 59.0 cm³/mol. The van der Waals surface area contributed by atoms with Crippen molar-refractivity contribution in [3.63, 3.8) is 0 Å². The number of hydrogen-bond acceptors (Lipinski definition) is 2. The van der Waals surface area contributed by atoms with Crippen LogP contribution in [0.5, 0.6) is 5.88 Å². The molecule has 78 valence electrons. The van der Waals surface area contributed by atoms with Crippen LogP contribution in [0.4, 0.5) is 0 Å². The molecule has 1 rings (SSSR count). The van der Waals surface area contributed by atoms with Crippen molar-refractivity contribution in [3.05, 3.63) is 23.4 Å². The van der Waals surface area contributed by atoms with Crippen LogP contribution in [0.2, 0.25) is 0 Å². The smallest absolute Gasteiger partial charge is 0.216 e. The van der Waals surface area contributed by atoms with Gasteiger partial charge in [-0.2, -0.15) is 0 Å². The first-order valence-corrected chi connectivity index (χ1v) is 5.10. The molecule has 0 saturated carbocycles. The number of hydrogen-bond donors (Lipinski definition) is 0. The zero-order chi connectivity index (χ0) is 10.7. The molecule has 0 aliphatic rings. The molecule has 1 aromatic rings. The number of rotatable bonds is 3. The van der Waals surface area contributed by atoms with E-state index in [4.69, 9.17) is 4.74 Å². The molecule has 0 spiro atoms. The molecule has 0 N–H and O–H groups in total. The lowest BCUT2D eigenvalue weighted by atomic mass is 9.98. The average molecular weight is 193 g/mol. The average Bonchev–Trinajstić information content (AvgIpc) is 2.16. The van der Waals surface area contributed by atoms with Gasteiger partial charge in [0.05, 0.1) is 7.11 Å². The molecule has 14 heavy (non-hydrogen) atoms. The summed E-state index contributed by atoms with van der Waals surface area (Å²) in [6.07, 6.45) is 1.90. The van der Waals surface area contributed by atoms with Crippen LogP contribution >= 0.6 is 0 Å². The Morgan fingerprint density at radius 1 is 1.14 bits per heavy atom. The summed E-state index contributed by atoms with van der Waals surface area (Å²) in [7, 11) is 1.67. The molecule has 1 aromatic heterocycles. The van der Waals surface area contributed by atoms with E-state index < -0.39 is 0 Å². The number of nitrogens with zero attached hydrogens (tertiary/aromatic N) is 1. The van der Waals surface area contributed by atoms with Gasteiger partial charge < -0.3 is 4.74 Å². The van der Waals surface area contributed by atoms with E-state index in [0.29, 0.717) is 11.8 Å². The highest BCUT2D eigenvalue weighted by molar-refractivity contribution is 5.33. The van der Waals surface area contributed by atoms with E-state index in [1.165, 1.54) is 11.1 Å². The van der Waals surface area contributed by atoms with E-state index in [1.807, 2.05) is 6.20 Å². The van der Waals surface area contributed by atoms with Crippen molar-refractivity contribution in [2.45, 2.75) is 39.5 Å². The van der Waals surface area contributed by atoms with E-state index in [-0.39, 0.29) is 0 Å². The molecule has 0 saturated heterocycles. The first-order chi connectivity index (χ1) is 6.56. The molecule has 0 atom stereocenters. The van der Waals surface area contributed by atoms with Gasteiger partial charge in [0.15, 0.2) is 0 Å². The normalized spacial score (nSPS) is 11.1. The van der Waals surface area contributed by atoms with Crippen LogP contribution in [0.1, 0.15) is 50.7 Å². The van der Waals surface area contributed by atoms with Gasteiger partial charge in [0.2, 0.25) is 5.88 Å². The molecule has 0 amide bonds. The lowest BCUT2D eigenvalue weighted by molar-refractivity contribution is 0.390. The van der Waals surface area contributed by atoms with Crippen LogP contribution in [-0.4, -0.2) is 12.1 Å². The third-order valence-corrected chi connectivity index (χ3v) is 2.38. The van der Waals surface area contributed by atoms with Gasteiger partial charge in [-0.25, -0.2) is 4.98 Å². The fourth-order valence-corrected chi connectivity index (χ4v) is 1.39. The van der Waals surface area contributed by atoms with Crippen LogP contribution < -0.4 is 4.74 Å². The summed E-state index contributed by atoms with van der Waals surface area (Å²) in [5, 5.41) is 0. The Morgan fingerprint density at radius 2 is 1.79 bits per heavy atom. The maximum atomic E-state index is 5.23. The minimum absolute atomic E-state index is 0.455. The fraction of sp³-hybridized carbons (Fsp3) is 0.583. The lowest BCUT2D eigenvalue weighted by Gasteiger charge is -2.13. The van der Waals surface area contributed by atoms with Gasteiger partial charge in [-0.1, -0.05) is 27.7 Å². The minimum atomic E-state index is 0.455. The molecular weight excluding hydrogens is 174 g/mol. The Balaban J connectivity index is 3.14. The van der Waals surface area contributed by atoms with E-state index in [2.05, 4.69) is 38.7 Å². The lowest BCUT2D eigenvalue weighted by Crippen LogP contribution is -2.00. The predicted octanol–water partition coefficient (Wildman–Crippen LogP) is 3.34. The maximum absolute atomic E-state index is 5.23. The first-order valence-electron chi connectivity index (χ1n) is 5.10. The summed E-state index contributed by atoms with van der Waals surface area (Å²) < 4.78 is 5.23. The van der Waals surface area contributed by atoms with Gasteiger partial charge in [-0.15, -0.1) is 0 Å². The van der Waals surface area contributed by atoms with Crippen LogP contribution in [0.15, 0.2) is 12.3 Å². The van der Waals surface area contributed by atoms with Crippen LogP contribution in [-0.2, 0) is 0 Å². The summed E-state index contributed by atoms with van der Waals surface area (Å²) in [4.78, 5) is 4.32. The van der Waals surface area contributed by atoms with Crippen LogP contribution in [0.25, 0.3) is 0 Å². The number of pyridine rings is 1. The summed E-state index contributed by atoms with van der Waals surface area (Å²) in [6, 6.07) is 2.20.